The minimum Gasteiger partial charge on any atom is -0.490 e. The molecule has 2 heterocycles. The summed E-state index contributed by atoms with van der Waals surface area (Å²) in [5.41, 5.74) is 2.79. The van der Waals surface area contributed by atoms with Crippen LogP contribution in [-0.4, -0.2) is 46.8 Å². The van der Waals surface area contributed by atoms with Crippen LogP contribution in [0.5, 0.6) is 17.2 Å². The summed E-state index contributed by atoms with van der Waals surface area (Å²) in [4.78, 5) is 17.1. The number of amidine groups is 2. The Bertz CT molecular complexity index is 1590. The highest BCUT2D eigenvalue weighted by Crippen LogP contribution is 2.34. The summed E-state index contributed by atoms with van der Waals surface area (Å²) in [6, 6.07) is 20.8. The Morgan fingerprint density at radius 2 is 1.76 bits per heavy atom. The topological polar surface area (TPSA) is 96.6 Å². The van der Waals surface area contributed by atoms with Gasteiger partial charge in [-0.15, -0.1) is 0 Å². The number of thioether (sulfide) groups is 1. The number of fused-ring (bicyclic) bond motifs is 1. The van der Waals surface area contributed by atoms with E-state index in [4.69, 9.17) is 31.2 Å². The SMILES string of the molecule is CCOc1cc(/C=C2/C(=N)N3N=C(c4ccccc4Cl)SC3=NC2=O)ccc1OCCOc1ccc(C(C)CC)cc1. The number of aliphatic imine (C=N–C) groups is 1. The molecular weight excluding hydrogens is 572 g/mol. The van der Waals surface area contributed by atoms with Gasteiger partial charge in [-0.05, 0) is 78.6 Å². The molecule has 1 N–H and O–H groups in total. The lowest BCUT2D eigenvalue weighted by Gasteiger charge is -2.20. The van der Waals surface area contributed by atoms with Crippen molar-refractivity contribution in [3.05, 3.63) is 94.0 Å². The molecule has 0 saturated heterocycles. The van der Waals surface area contributed by atoms with Crippen molar-refractivity contribution in [3.8, 4) is 17.2 Å². The van der Waals surface area contributed by atoms with Crippen molar-refractivity contribution in [1.29, 1.82) is 5.41 Å². The van der Waals surface area contributed by atoms with Gasteiger partial charge < -0.3 is 14.2 Å². The molecule has 1 atom stereocenters. The van der Waals surface area contributed by atoms with Crippen LogP contribution in [0.4, 0.5) is 0 Å². The first-order valence-electron chi connectivity index (χ1n) is 13.8. The number of carbonyl (C=O) groups is 1. The lowest BCUT2D eigenvalue weighted by Crippen LogP contribution is -2.35. The van der Waals surface area contributed by atoms with Crippen LogP contribution < -0.4 is 14.2 Å². The van der Waals surface area contributed by atoms with E-state index in [1.54, 1.807) is 30.3 Å². The molecular formula is C32H31ClN4O4S. The molecule has 1 unspecified atom stereocenters. The third-order valence-electron chi connectivity index (χ3n) is 6.81. The lowest BCUT2D eigenvalue weighted by molar-refractivity contribution is -0.114. The monoisotopic (exact) mass is 602 g/mol. The van der Waals surface area contributed by atoms with Crippen LogP contribution in [0.3, 0.4) is 0 Å². The number of halogens is 1. The summed E-state index contributed by atoms with van der Waals surface area (Å²) in [6.07, 6.45) is 2.70. The zero-order valence-corrected chi connectivity index (χ0v) is 25.2. The van der Waals surface area contributed by atoms with Gasteiger partial charge in [0.1, 0.15) is 24.0 Å². The molecule has 10 heteroatoms. The van der Waals surface area contributed by atoms with Gasteiger partial charge in [0.2, 0.25) is 5.17 Å². The van der Waals surface area contributed by atoms with Gasteiger partial charge in [-0.2, -0.15) is 15.1 Å². The van der Waals surface area contributed by atoms with E-state index in [9.17, 15) is 4.79 Å². The van der Waals surface area contributed by atoms with Gasteiger partial charge in [0.05, 0.1) is 17.2 Å². The molecule has 8 nitrogen and oxygen atoms in total. The maximum Gasteiger partial charge on any atom is 0.283 e. The molecule has 0 spiro atoms. The first-order chi connectivity index (χ1) is 20.4. The van der Waals surface area contributed by atoms with E-state index < -0.39 is 5.91 Å². The Morgan fingerprint density at radius 1 is 1.00 bits per heavy atom. The predicted molar refractivity (Wildman–Crippen MR) is 169 cm³/mol. The normalized spacial score (nSPS) is 16.2. The number of nitrogens with one attached hydrogen (secondary N) is 1. The number of rotatable bonds is 11. The predicted octanol–water partition coefficient (Wildman–Crippen LogP) is 7.38. The molecule has 0 bridgehead atoms. The largest absolute Gasteiger partial charge is 0.490 e. The van der Waals surface area contributed by atoms with Gasteiger partial charge in [-0.1, -0.05) is 61.8 Å². The summed E-state index contributed by atoms with van der Waals surface area (Å²) in [5, 5.41) is 16.0. The number of hydrogen-bond donors (Lipinski definition) is 1. The maximum absolute atomic E-state index is 12.9. The lowest BCUT2D eigenvalue weighted by atomic mass is 9.99. The number of ether oxygens (including phenoxy) is 3. The summed E-state index contributed by atoms with van der Waals surface area (Å²) in [6.45, 7) is 7.40. The molecule has 0 radical (unpaired) electrons. The Hall–Kier alpha value is -4.08. The molecule has 2 aliphatic heterocycles. The maximum atomic E-state index is 12.9. The second kappa shape index (κ2) is 13.3. The average molecular weight is 603 g/mol. The Labute approximate surface area is 254 Å². The molecule has 216 valence electrons. The fourth-order valence-corrected chi connectivity index (χ4v) is 5.56. The molecule has 0 aliphatic carbocycles. The smallest absolute Gasteiger partial charge is 0.283 e. The number of carbonyl (C=O) groups excluding carboxylic acids is 1. The number of hydrazone groups is 1. The van der Waals surface area contributed by atoms with Crippen LogP contribution in [0.25, 0.3) is 6.08 Å². The molecule has 0 fully saturated rings. The van der Waals surface area contributed by atoms with Gasteiger partial charge >= 0.3 is 0 Å². The van der Waals surface area contributed by atoms with Gasteiger partial charge in [-0.25, -0.2) is 0 Å². The van der Waals surface area contributed by atoms with Gasteiger partial charge in [-0.3, -0.25) is 10.2 Å². The highest BCUT2D eigenvalue weighted by atomic mass is 35.5. The van der Waals surface area contributed by atoms with Crippen molar-refractivity contribution in [1.82, 2.24) is 5.01 Å². The minimum atomic E-state index is -0.512. The summed E-state index contributed by atoms with van der Waals surface area (Å²) >= 11 is 7.53. The molecule has 1 amide bonds. The van der Waals surface area contributed by atoms with Crippen LogP contribution in [-0.2, 0) is 4.79 Å². The van der Waals surface area contributed by atoms with Crippen LogP contribution in [0, 0.1) is 5.41 Å². The van der Waals surface area contributed by atoms with Crippen LogP contribution in [0.2, 0.25) is 5.02 Å². The van der Waals surface area contributed by atoms with Crippen LogP contribution >= 0.6 is 23.4 Å². The molecule has 42 heavy (non-hydrogen) atoms. The Kier molecular flexibility index (Phi) is 9.29. The van der Waals surface area contributed by atoms with Crippen molar-refractivity contribution in [2.75, 3.05) is 19.8 Å². The third kappa shape index (κ3) is 6.53. The molecule has 2 aliphatic rings. The van der Waals surface area contributed by atoms with Gasteiger partial charge in [0.25, 0.3) is 5.91 Å². The van der Waals surface area contributed by atoms with E-state index in [0.717, 1.165) is 12.2 Å². The number of amides is 1. The molecule has 3 aromatic rings. The van der Waals surface area contributed by atoms with E-state index in [-0.39, 0.29) is 11.4 Å². The van der Waals surface area contributed by atoms with Crippen molar-refractivity contribution in [3.63, 3.8) is 0 Å². The summed E-state index contributed by atoms with van der Waals surface area (Å²) in [5.74, 6) is 1.83. The molecule has 5 rings (SSSR count). The zero-order valence-electron chi connectivity index (χ0n) is 23.6. The summed E-state index contributed by atoms with van der Waals surface area (Å²) < 4.78 is 17.6. The van der Waals surface area contributed by atoms with Crippen molar-refractivity contribution in [2.45, 2.75) is 33.1 Å². The Morgan fingerprint density at radius 3 is 2.50 bits per heavy atom. The third-order valence-corrected chi connectivity index (χ3v) is 8.08. The number of nitrogens with zero attached hydrogens (tertiary/aromatic N) is 3. The van der Waals surface area contributed by atoms with E-state index in [1.807, 2.05) is 37.3 Å². The zero-order chi connectivity index (χ0) is 29.6. The highest BCUT2D eigenvalue weighted by Gasteiger charge is 2.36. The van der Waals surface area contributed by atoms with E-state index in [0.29, 0.717) is 63.6 Å². The van der Waals surface area contributed by atoms with Crippen molar-refractivity contribution in [2.24, 2.45) is 10.1 Å². The van der Waals surface area contributed by atoms with Crippen molar-refractivity contribution < 1.29 is 19.0 Å². The fraction of sp³-hybridized carbons (Fsp3) is 0.250. The van der Waals surface area contributed by atoms with Gasteiger partial charge in [0.15, 0.2) is 17.3 Å². The van der Waals surface area contributed by atoms with E-state index in [2.05, 4.69) is 36.1 Å². The van der Waals surface area contributed by atoms with Crippen molar-refractivity contribution >= 4 is 51.4 Å². The standard InChI is InChI=1S/C32H31ClN4O4S/c1-4-20(3)22-11-13-23(14-12-22)40-16-17-41-27-15-10-21(19-28(27)39-5-2)18-25-29(34)37-32(35-30(25)38)42-31(36-37)24-8-6-7-9-26(24)33/h6-15,18-20,34H,4-5,16-17H2,1-3H3/b25-18-,34-29?. The highest BCUT2D eigenvalue weighted by molar-refractivity contribution is 8.27. The molecule has 3 aromatic carbocycles. The fourth-order valence-electron chi connectivity index (χ4n) is 4.34. The number of hydrogen-bond acceptors (Lipinski definition) is 7. The quantitative estimate of drug-likeness (QED) is 0.182. The Balaban J connectivity index is 1.26. The first-order valence-corrected chi connectivity index (χ1v) is 14.9. The number of benzene rings is 3. The van der Waals surface area contributed by atoms with Crippen LogP contribution in [0.15, 0.2) is 82.4 Å². The summed E-state index contributed by atoms with van der Waals surface area (Å²) in [7, 11) is 0. The molecule has 0 saturated carbocycles. The average Bonchev–Trinajstić information content (AvgIpc) is 3.42. The second-order valence-electron chi connectivity index (χ2n) is 9.62. The van der Waals surface area contributed by atoms with Crippen LogP contribution in [0.1, 0.15) is 49.8 Å². The molecule has 0 aromatic heterocycles. The van der Waals surface area contributed by atoms with E-state index >= 15 is 0 Å². The van der Waals surface area contributed by atoms with E-state index in [1.165, 1.54) is 22.3 Å². The van der Waals surface area contributed by atoms with Gasteiger partial charge in [0, 0.05) is 5.56 Å². The second-order valence-corrected chi connectivity index (χ2v) is 11.0. The first kappa shape index (κ1) is 29.4. The minimum absolute atomic E-state index is 0.0628.